The van der Waals surface area contributed by atoms with E-state index in [1.54, 1.807) is 0 Å². The van der Waals surface area contributed by atoms with Gasteiger partial charge in [-0.2, -0.15) is 5.26 Å². The molecule has 0 saturated carbocycles. The first-order chi connectivity index (χ1) is 11.3. The van der Waals surface area contributed by atoms with Crippen molar-refractivity contribution in [1.29, 1.82) is 5.26 Å². The molecule has 0 saturated heterocycles. The fourth-order valence-corrected chi connectivity index (χ4v) is 2.86. The van der Waals surface area contributed by atoms with Crippen LogP contribution in [0.25, 0.3) is 11.6 Å². The Morgan fingerprint density at radius 1 is 1.35 bits per heavy atom. The number of hydrogen-bond acceptors (Lipinski definition) is 4. The maximum Gasteiger partial charge on any atom is 0.174 e. The third-order valence-corrected chi connectivity index (χ3v) is 3.95. The molecule has 2 aromatic rings. The van der Waals surface area contributed by atoms with Gasteiger partial charge in [-0.3, -0.25) is 0 Å². The second kappa shape index (κ2) is 7.10. The molecule has 1 aromatic carbocycles. The molecule has 0 atom stereocenters. The molecule has 0 aliphatic carbocycles. The predicted molar refractivity (Wildman–Crippen MR) is 88.7 cm³/mol. The molecule has 1 aromatic heterocycles. The highest BCUT2D eigenvalue weighted by Gasteiger charge is 2.17. The monoisotopic (exact) mass is 308 g/mol. The Labute approximate surface area is 136 Å². The Bertz CT molecular complexity index is 755. The van der Waals surface area contributed by atoms with E-state index < -0.39 is 0 Å². The highest BCUT2D eigenvalue weighted by atomic mass is 16.5. The summed E-state index contributed by atoms with van der Waals surface area (Å²) < 4.78 is 7.61. The topological polar surface area (TPSA) is 63.7 Å². The second-order valence-corrected chi connectivity index (χ2v) is 5.58. The van der Waals surface area contributed by atoms with Gasteiger partial charge in [-0.1, -0.05) is 18.6 Å². The molecular weight excluding hydrogens is 288 g/mol. The maximum atomic E-state index is 9.57. The molecule has 3 rings (SSSR count). The van der Waals surface area contributed by atoms with E-state index in [9.17, 15) is 5.26 Å². The molecule has 0 spiro atoms. The van der Waals surface area contributed by atoms with E-state index in [4.69, 9.17) is 4.74 Å². The highest BCUT2D eigenvalue weighted by molar-refractivity contribution is 5.87. The SMILES string of the molecule is CCOc1cccc(/C=C(/C#N)c2nnc3n2CCCCC3)c1. The summed E-state index contributed by atoms with van der Waals surface area (Å²) in [5.41, 5.74) is 1.47. The van der Waals surface area contributed by atoms with Gasteiger partial charge >= 0.3 is 0 Å². The van der Waals surface area contributed by atoms with Crippen molar-refractivity contribution in [2.75, 3.05) is 6.61 Å². The number of aryl methyl sites for hydroxylation is 1. The number of hydrogen-bond donors (Lipinski definition) is 0. The molecule has 0 fully saturated rings. The third-order valence-electron chi connectivity index (χ3n) is 3.95. The number of fused-ring (bicyclic) bond motifs is 1. The summed E-state index contributed by atoms with van der Waals surface area (Å²) in [4.78, 5) is 0. The normalized spacial score (nSPS) is 14.7. The lowest BCUT2D eigenvalue weighted by atomic mass is 10.1. The first-order valence-corrected chi connectivity index (χ1v) is 8.09. The minimum absolute atomic E-state index is 0.541. The molecule has 1 aliphatic heterocycles. The number of ether oxygens (including phenoxy) is 1. The Kier molecular flexibility index (Phi) is 4.72. The molecule has 0 unspecified atom stereocenters. The summed E-state index contributed by atoms with van der Waals surface area (Å²) in [6.07, 6.45) is 6.23. The lowest BCUT2D eigenvalue weighted by Gasteiger charge is -2.06. The average molecular weight is 308 g/mol. The van der Waals surface area contributed by atoms with E-state index in [-0.39, 0.29) is 0 Å². The number of nitriles is 1. The van der Waals surface area contributed by atoms with Crippen LogP contribution in [0.5, 0.6) is 5.75 Å². The lowest BCUT2D eigenvalue weighted by molar-refractivity contribution is 0.340. The molecule has 0 N–H and O–H groups in total. The van der Waals surface area contributed by atoms with Crippen molar-refractivity contribution in [2.45, 2.75) is 39.2 Å². The molecule has 0 amide bonds. The van der Waals surface area contributed by atoms with Crippen LogP contribution in [0.3, 0.4) is 0 Å². The zero-order valence-corrected chi connectivity index (χ0v) is 13.3. The van der Waals surface area contributed by atoms with Crippen LogP contribution in [0, 0.1) is 11.3 Å². The van der Waals surface area contributed by atoms with Crippen LogP contribution < -0.4 is 4.74 Å². The number of allylic oxidation sites excluding steroid dienone is 1. The van der Waals surface area contributed by atoms with Gasteiger partial charge < -0.3 is 9.30 Å². The van der Waals surface area contributed by atoms with Gasteiger partial charge in [-0.15, -0.1) is 10.2 Å². The van der Waals surface area contributed by atoms with Crippen LogP contribution >= 0.6 is 0 Å². The van der Waals surface area contributed by atoms with Crippen molar-refractivity contribution in [2.24, 2.45) is 0 Å². The van der Waals surface area contributed by atoms with Crippen LogP contribution in [0.1, 0.15) is 43.4 Å². The predicted octanol–water partition coefficient (Wildman–Crippen LogP) is 3.47. The molecule has 0 radical (unpaired) electrons. The van der Waals surface area contributed by atoms with Gasteiger partial charge in [-0.25, -0.2) is 0 Å². The summed E-state index contributed by atoms with van der Waals surface area (Å²) in [6, 6.07) is 10.0. The standard InChI is InChI=1S/C18H20N4O/c1-2-23-16-8-6-7-14(12-16)11-15(13-19)18-21-20-17-9-4-3-5-10-22(17)18/h6-8,11-12H,2-5,9-10H2,1H3/b15-11-. The van der Waals surface area contributed by atoms with Gasteiger partial charge in [0.25, 0.3) is 0 Å². The number of nitrogens with zero attached hydrogens (tertiary/aromatic N) is 4. The van der Waals surface area contributed by atoms with Gasteiger partial charge in [0.05, 0.1) is 12.2 Å². The maximum absolute atomic E-state index is 9.57. The van der Waals surface area contributed by atoms with E-state index in [2.05, 4.69) is 20.8 Å². The van der Waals surface area contributed by atoms with Crippen LogP contribution in [-0.4, -0.2) is 21.4 Å². The van der Waals surface area contributed by atoms with E-state index in [0.717, 1.165) is 42.9 Å². The molecule has 1 aliphatic rings. The number of aromatic nitrogens is 3. The second-order valence-electron chi connectivity index (χ2n) is 5.58. The van der Waals surface area contributed by atoms with E-state index in [1.165, 1.54) is 6.42 Å². The highest BCUT2D eigenvalue weighted by Crippen LogP contribution is 2.22. The molecular formula is C18H20N4O. The quantitative estimate of drug-likeness (QED) is 0.811. The van der Waals surface area contributed by atoms with Crippen molar-refractivity contribution >= 4 is 11.6 Å². The van der Waals surface area contributed by atoms with Gasteiger partial charge in [0.1, 0.15) is 17.6 Å². The summed E-state index contributed by atoms with van der Waals surface area (Å²) in [6.45, 7) is 3.46. The van der Waals surface area contributed by atoms with Crippen molar-refractivity contribution in [3.05, 3.63) is 41.5 Å². The minimum atomic E-state index is 0.541. The van der Waals surface area contributed by atoms with Crippen LogP contribution in [0.4, 0.5) is 0 Å². The largest absolute Gasteiger partial charge is 0.494 e. The summed E-state index contributed by atoms with van der Waals surface area (Å²) in [5, 5.41) is 18.1. The Balaban J connectivity index is 1.95. The van der Waals surface area contributed by atoms with Gasteiger partial charge in [0, 0.05) is 13.0 Å². The molecule has 118 valence electrons. The van der Waals surface area contributed by atoms with Crippen molar-refractivity contribution in [3.8, 4) is 11.8 Å². The Morgan fingerprint density at radius 2 is 2.26 bits per heavy atom. The molecule has 5 heteroatoms. The Morgan fingerprint density at radius 3 is 3.09 bits per heavy atom. The third kappa shape index (κ3) is 3.42. The Hall–Kier alpha value is -2.61. The van der Waals surface area contributed by atoms with Gasteiger partial charge in [0.15, 0.2) is 5.82 Å². The minimum Gasteiger partial charge on any atom is -0.494 e. The smallest absolute Gasteiger partial charge is 0.174 e. The zero-order valence-electron chi connectivity index (χ0n) is 13.3. The van der Waals surface area contributed by atoms with Crippen LogP contribution in [-0.2, 0) is 13.0 Å². The number of benzene rings is 1. The summed E-state index contributed by atoms with van der Waals surface area (Å²) in [5.74, 6) is 2.46. The van der Waals surface area contributed by atoms with E-state index in [1.807, 2.05) is 37.3 Å². The summed E-state index contributed by atoms with van der Waals surface area (Å²) in [7, 11) is 0. The van der Waals surface area contributed by atoms with Crippen LogP contribution in [0.2, 0.25) is 0 Å². The molecule has 23 heavy (non-hydrogen) atoms. The molecule has 5 nitrogen and oxygen atoms in total. The molecule has 0 bridgehead atoms. The fourth-order valence-electron chi connectivity index (χ4n) is 2.86. The van der Waals surface area contributed by atoms with E-state index >= 15 is 0 Å². The van der Waals surface area contributed by atoms with Crippen molar-refractivity contribution in [1.82, 2.24) is 14.8 Å². The van der Waals surface area contributed by atoms with Crippen molar-refractivity contribution in [3.63, 3.8) is 0 Å². The first kappa shape index (κ1) is 15.3. The molecule has 2 heterocycles. The lowest BCUT2D eigenvalue weighted by Crippen LogP contribution is -2.05. The first-order valence-electron chi connectivity index (χ1n) is 8.09. The fraction of sp³-hybridized carbons (Fsp3) is 0.389. The number of rotatable bonds is 4. The van der Waals surface area contributed by atoms with Crippen LogP contribution in [0.15, 0.2) is 24.3 Å². The van der Waals surface area contributed by atoms with Crippen molar-refractivity contribution < 1.29 is 4.74 Å². The summed E-state index contributed by atoms with van der Waals surface area (Å²) >= 11 is 0. The average Bonchev–Trinajstić information content (AvgIpc) is 2.81. The van der Waals surface area contributed by atoms with Gasteiger partial charge in [-0.05, 0) is 43.5 Å². The zero-order chi connectivity index (χ0) is 16.1. The van der Waals surface area contributed by atoms with E-state index in [0.29, 0.717) is 18.0 Å². The van der Waals surface area contributed by atoms with Gasteiger partial charge in [0.2, 0.25) is 0 Å².